The first-order chi connectivity index (χ1) is 11.1. The van der Waals surface area contributed by atoms with Gasteiger partial charge in [0.2, 0.25) is 0 Å². The molecule has 1 unspecified atom stereocenters. The van der Waals surface area contributed by atoms with E-state index in [2.05, 4.69) is 0 Å². The fourth-order valence-corrected chi connectivity index (χ4v) is 2.45. The zero-order chi connectivity index (χ0) is 16.8. The number of phenols is 1. The topological polar surface area (TPSA) is 68.2 Å². The first-order valence-corrected chi connectivity index (χ1v) is 7.35. The zero-order valence-corrected chi connectivity index (χ0v) is 13.6. The van der Waals surface area contributed by atoms with Crippen LogP contribution in [0.2, 0.25) is 0 Å². The lowest BCUT2D eigenvalue weighted by atomic mass is 9.99. The molecule has 2 rings (SSSR count). The molecule has 5 heteroatoms. The molecular formula is C18H22O5. The van der Waals surface area contributed by atoms with Crippen LogP contribution in [0.25, 0.3) is 0 Å². The number of methoxy groups -OCH3 is 3. The summed E-state index contributed by atoms with van der Waals surface area (Å²) in [5, 5.41) is 20.6. The lowest BCUT2D eigenvalue weighted by Crippen LogP contribution is -2.03. The Morgan fingerprint density at radius 3 is 2.13 bits per heavy atom. The summed E-state index contributed by atoms with van der Waals surface area (Å²) in [4.78, 5) is 0. The van der Waals surface area contributed by atoms with Gasteiger partial charge in [-0.3, -0.25) is 0 Å². The van der Waals surface area contributed by atoms with Crippen LogP contribution in [0.3, 0.4) is 0 Å². The second-order valence-corrected chi connectivity index (χ2v) is 5.17. The molecule has 0 fully saturated rings. The van der Waals surface area contributed by atoms with Crippen LogP contribution in [0.1, 0.15) is 23.7 Å². The molecule has 0 aliphatic carbocycles. The van der Waals surface area contributed by atoms with E-state index in [0.717, 1.165) is 11.3 Å². The van der Waals surface area contributed by atoms with Crippen molar-refractivity contribution >= 4 is 0 Å². The molecule has 0 saturated carbocycles. The lowest BCUT2D eigenvalue weighted by Gasteiger charge is -2.17. The van der Waals surface area contributed by atoms with Crippen LogP contribution in [-0.4, -0.2) is 31.5 Å². The summed E-state index contributed by atoms with van der Waals surface area (Å²) in [6.45, 7) is 0. The molecule has 2 aromatic carbocycles. The normalized spacial score (nSPS) is 11.8. The predicted octanol–water partition coefficient (Wildman–Crippen LogP) is 3.08. The average molecular weight is 318 g/mol. The van der Waals surface area contributed by atoms with Crippen molar-refractivity contribution in [2.24, 2.45) is 0 Å². The minimum Gasteiger partial charge on any atom is -0.507 e. The van der Waals surface area contributed by atoms with E-state index in [0.29, 0.717) is 29.9 Å². The third kappa shape index (κ3) is 4.07. The van der Waals surface area contributed by atoms with Crippen molar-refractivity contribution in [3.05, 3.63) is 47.5 Å². The van der Waals surface area contributed by atoms with Crippen LogP contribution in [0, 0.1) is 0 Å². The number of rotatable bonds is 7. The zero-order valence-electron chi connectivity index (χ0n) is 13.6. The van der Waals surface area contributed by atoms with Gasteiger partial charge in [0, 0.05) is 12.1 Å². The number of aryl methyl sites for hydroxylation is 1. The Morgan fingerprint density at radius 2 is 1.57 bits per heavy atom. The molecule has 0 bridgehead atoms. The van der Waals surface area contributed by atoms with E-state index in [9.17, 15) is 10.2 Å². The summed E-state index contributed by atoms with van der Waals surface area (Å²) in [6, 6.07) is 10.8. The molecule has 0 aliphatic rings. The van der Waals surface area contributed by atoms with E-state index in [-0.39, 0.29) is 5.75 Å². The van der Waals surface area contributed by atoms with Crippen molar-refractivity contribution in [1.82, 2.24) is 0 Å². The Labute approximate surface area is 136 Å². The van der Waals surface area contributed by atoms with E-state index in [1.165, 1.54) is 20.3 Å². The molecule has 5 nitrogen and oxygen atoms in total. The Balaban J connectivity index is 2.11. The van der Waals surface area contributed by atoms with Crippen molar-refractivity contribution < 1.29 is 24.4 Å². The number of phenolic OH excluding ortho intramolecular Hbond substituents is 1. The minimum absolute atomic E-state index is 0.0385. The largest absolute Gasteiger partial charge is 0.507 e. The van der Waals surface area contributed by atoms with E-state index < -0.39 is 6.10 Å². The summed E-state index contributed by atoms with van der Waals surface area (Å²) in [7, 11) is 4.62. The monoisotopic (exact) mass is 318 g/mol. The molecule has 2 N–H and O–H groups in total. The van der Waals surface area contributed by atoms with Crippen LogP contribution >= 0.6 is 0 Å². The summed E-state index contributed by atoms with van der Waals surface area (Å²) in [5.74, 6) is 1.64. The van der Waals surface area contributed by atoms with Crippen molar-refractivity contribution in [3.8, 4) is 23.0 Å². The highest BCUT2D eigenvalue weighted by Crippen LogP contribution is 2.39. The number of aromatic hydroxyl groups is 1. The Hall–Kier alpha value is -2.40. The van der Waals surface area contributed by atoms with Crippen molar-refractivity contribution in [2.75, 3.05) is 21.3 Å². The lowest BCUT2D eigenvalue weighted by molar-refractivity contribution is 0.159. The average Bonchev–Trinajstić information content (AvgIpc) is 2.59. The van der Waals surface area contributed by atoms with Gasteiger partial charge >= 0.3 is 0 Å². The maximum Gasteiger partial charge on any atom is 0.132 e. The van der Waals surface area contributed by atoms with Crippen molar-refractivity contribution in [1.29, 1.82) is 0 Å². The maximum atomic E-state index is 10.4. The molecule has 0 aromatic heterocycles. The maximum absolute atomic E-state index is 10.4. The van der Waals surface area contributed by atoms with E-state index in [1.807, 2.05) is 24.3 Å². The molecule has 23 heavy (non-hydrogen) atoms. The number of aliphatic hydroxyl groups excluding tert-OH is 1. The molecular weight excluding hydrogens is 296 g/mol. The number of hydrogen-bond donors (Lipinski definition) is 2. The second-order valence-electron chi connectivity index (χ2n) is 5.17. The molecule has 124 valence electrons. The van der Waals surface area contributed by atoms with Gasteiger partial charge < -0.3 is 24.4 Å². The molecule has 0 radical (unpaired) electrons. The summed E-state index contributed by atoms with van der Waals surface area (Å²) in [5.41, 5.74) is 1.46. The van der Waals surface area contributed by atoms with Crippen LogP contribution in [0.4, 0.5) is 0 Å². The first-order valence-electron chi connectivity index (χ1n) is 7.35. The predicted molar refractivity (Wildman–Crippen MR) is 87.5 cm³/mol. The second kappa shape index (κ2) is 7.74. The minimum atomic E-state index is -0.835. The fraction of sp³-hybridized carbons (Fsp3) is 0.333. The quantitative estimate of drug-likeness (QED) is 0.821. The number of benzene rings is 2. The standard InChI is InChI=1S/C18H22O5/c1-21-13-7-4-12(5-8-13)6-9-15(19)18-16(20)10-14(22-2)11-17(18)23-3/h4-5,7-8,10-11,15,19-20H,6,9H2,1-3H3. The molecule has 0 saturated heterocycles. The Bertz CT molecular complexity index is 637. The van der Waals surface area contributed by atoms with Gasteiger partial charge in [-0.15, -0.1) is 0 Å². The van der Waals surface area contributed by atoms with E-state index >= 15 is 0 Å². The molecule has 0 aliphatic heterocycles. The number of hydrogen-bond acceptors (Lipinski definition) is 5. The molecule has 2 aromatic rings. The smallest absolute Gasteiger partial charge is 0.132 e. The highest BCUT2D eigenvalue weighted by molar-refractivity contribution is 5.51. The Morgan fingerprint density at radius 1 is 0.913 bits per heavy atom. The SMILES string of the molecule is COc1ccc(CCC(O)c2c(O)cc(OC)cc2OC)cc1. The summed E-state index contributed by atoms with van der Waals surface area (Å²) < 4.78 is 15.5. The highest BCUT2D eigenvalue weighted by Gasteiger charge is 2.19. The van der Waals surface area contributed by atoms with Gasteiger partial charge in [-0.05, 0) is 30.5 Å². The third-order valence-corrected chi connectivity index (χ3v) is 3.75. The van der Waals surface area contributed by atoms with Crippen LogP contribution in [-0.2, 0) is 6.42 Å². The number of ether oxygens (including phenoxy) is 3. The van der Waals surface area contributed by atoms with Crippen LogP contribution < -0.4 is 14.2 Å². The van der Waals surface area contributed by atoms with Gasteiger partial charge in [-0.1, -0.05) is 12.1 Å². The van der Waals surface area contributed by atoms with Crippen LogP contribution in [0.5, 0.6) is 23.0 Å². The molecule has 0 spiro atoms. The molecule has 1 atom stereocenters. The van der Waals surface area contributed by atoms with Crippen LogP contribution in [0.15, 0.2) is 36.4 Å². The fourth-order valence-electron chi connectivity index (χ4n) is 2.45. The van der Waals surface area contributed by atoms with Gasteiger partial charge in [-0.2, -0.15) is 0 Å². The highest BCUT2D eigenvalue weighted by atomic mass is 16.5. The van der Waals surface area contributed by atoms with Gasteiger partial charge in [0.25, 0.3) is 0 Å². The molecule has 0 heterocycles. The first kappa shape index (κ1) is 17.0. The summed E-state index contributed by atoms with van der Waals surface area (Å²) in [6.07, 6.45) is 0.292. The van der Waals surface area contributed by atoms with E-state index in [4.69, 9.17) is 14.2 Å². The van der Waals surface area contributed by atoms with Crippen molar-refractivity contribution in [3.63, 3.8) is 0 Å². The van der Waals surface area contributed by atoms with Gasteiger partial charge in [0.1, 0.15) is 23.0 Å². The van der Waals surface area contributed by atoms with Gasteiger partial charge in [-0.25, -0.2) is 0 Å². The van der Waals surface area contributed by atoms with Gasteiger partial charge in [0.05, 0.1) is 33.0 Å². The Kier molecular flexibility index (Phi) is 5.71. The van der Waals surface area contributed by atoms with Crippen molar-refractivity contribution in [2.45, 2.75) is 18.9 Å². The summed E-state index contributed by atoms with van der Waals surface area (Å²) >= 11 is 0. The van der Waals surface area contributed by atoms with Gasteiger partial charge in [0.15, 0.2) is 0 Å². The van der Waals surface area contributed by atoms with E-state index in [1.54, 1.807) is 13.2 Å². The third-order valence-electron chi connectivity index (χ3n) is 3.75. The molecule has 0 amide bonds. The number of aliphatic hydroxyl groups is 1.